The third-order valence-corrected chi connectivity index (χ3v) is 6.32. The van der Waals surface area contributed by atoms with Gasteiger partial charge in [0.15, 0.2) is 15.8 Å². The molecule has 1 fully saturated rings. The molecule has 1 aliphatic rings. The van der Waals surface area contributed by atoms with Crippen molar-refractivity contribution in [1.82, 2.24) is 15.5 Å². The lowest BCUT2D eigenvalue weighted by Crippen LogP contribution is -2.46. The van der Waals surface area contributed by atoms with Crippen molar-refractivity contribution < 1.29 is 8.42 Å². The second-order valence-electron chi connectivity index (χ2n) is 7.19. The van der Waals surface area contributed by atoms with Gasteiger partial charge in [0.1, 0.15) is 0 Å². The first kappa shape index (κ1) is 21.7. The summed E-state index contributed by atoms with van der Waals surface area (Å²) in [7, 11) is -1.35. The van der Waals surface area contributed by atoms with Crippen LogP contribution in [0.5, 0.6) is 0 Å². The molecule has 0 amide bonds. The van der Waals surface area contributed by atoms with E-state index >= 15 is 0 Å². The molecule has 1 aliphatic heterocycles. The Morgan fingerprint density at radius 2 is 1.89 bits per heavy atom. The van der Waals surface area contributed by atoms with E-state index in [1.165, 1.54) is 38.5 Å². The molecular formula is C20H34N4O2S. The molecule has 1 aromatic rings. The van der Waals surface area contributed by atoms with Crippen molar-refractivity contribution in [2.75, 3.05) is 39.5 Å². The summed E-state index contributed by atoms with van der Waals surface area (Å²) in [4.78, 5) is 7.24. The number of hydrogen-bond acceptors (Lipinski definition) is 4. The number of piperidine rings is 1. The minimum absolute atomic E-state index is 0.361. The first-order valence-corrected chi connectivity index (χ1v) is 11.8. The van der Waals surface area contributed by atoms with E-state index in [2.05, 4.69) is 27.4 Å². The maximum Gasteiger partial charge on any atom is 0.191 e. The van der Waals surface area contributed by atoms with Gasteiger partial charge in [-0.1, -0.05) is 25.5 Å². The Hall–Kier alpha value is -1.60. The Labute approximate surface area is 164 Å². The van der Waals surface area contributed by atoms with Crippen molar-refractivity contribution in [3.05, 3.63) is 29.8 Å². The molecule has 1 aromatic carbocycles. The Bertz CT molecular complexity index is 701. The van der Waals surface area contributed by atoms with Crippen molar-refractivity contribution >= 4 is 15.8 Å². The highest BCUT2D eigenvalue weighted by Crippen LogP contribution is 2.18. The summed E-state index contributed by atoms with van der Waals surface area (Å²) in [6.07, 6.45) is 7.26. The zero-order chi connectivity index (χ0) is 19.7. The average Bonchev–Trinajstić information content (AvgIpc) is 2.66. The van der Waals surface area contributed by atoms with Crippen LogP contribution in [0.2, 0.25) is 0 Å². The molecule has 1 saturated heterocycles. The molecule has 152 valence electrons. The fourth-order valence-electron chi connectivity index (χ4n) is 3.58. The molecule has 1 atom stereocenters. The summed E-state index contributed by atoms with van der Waals surface area (Å²) in [5.74, 6) is 0.813. The van der Waals surface area contributed by atoms with Crippen molar-refractivity contribution in [3.63, 3.8) is 0 Å². The smallest absolute Gasteiger partial charge is 0.191 e. The Kier molecular flexibility index (Phi) is 8.57. The van der Waals surface area contributed by atoms with E-state index in [-0.39, 0.29) is 0 Å². The minimum Gasteiger partial charge on any atom is -0.356 e. The number of sulfone groups is 1. The van der Waals surface area contributed by atoms with Gasteiger partial charge >= 0.3 is 0 Å². The molecule has 2 rings (SSSR count). The van der Waals surface area contributed by atoms with Gasteiger partial charge in [0.2, 0.25) is 0 Å². The fourth-order valence-corrected chi connectivity index (χ4v) is 4.21. The predicted octanol–water partition coefficient (Wildman–Crippen LogP) is 2.06. The van der Waals surface area contributed by atoms with Crippen LogP contribution in [0.4, 0.5) is 0 Å². The molecule has 0 bridgehead atoms. The second kappa shape index (κ2) is 10.7. The van der Waals surface area contributed by atoms with E-state index in [0.717, 1.165) is 43.6 Å². The zero-order valence-corrected chi connectivity index (χ0v) is 17.7. The molecule has 7 heteroatoms. The van der Waals surface area contributed by atoms with Crippen LogP contribution in [0, 0.1) is 0 Å². The van der Waals surface area contributed by atoms with Crippen LogP contribution >= 0.6 is 0 Å². The maximum absolute atomic E-state index is 11.5. The Balaban J connectivity index is 1.71. The number of nitrogens with zero attached hydrogens (tertiary/aromatic N) is 2. The van der Waals surface area contributed by atoms with Crippen LogP contribution < -0.4 is 10.6 Å². The van der Waals surface area contributed by atoms with Gasteiger partial charge in [-0.05, 0) is 49.9 Å². The third kappa shape index (κ3) is 7.14. The molecule has 0 spiro atoms. The normalized spacial score (nSPS) is 19.1. The van der Waals surface area contributed by atoms with Crippen molar-refractivity contribution in [2.24, 2.45) is 4.99 Å². The van der Waals surface area contributed by atoms with Crippen LogP contribution in [0.15, 0.2) is 34.2 Å². The molecule has 1 heterocycles. The van der Waals surface area contributed by atoms with Gasteiger partial charge in [0, 0.05) is 39.0 Å². The summed E-state index contributed by atoms with van der Waals surface area (Å²) in [5.41, 5.74) is 1.10. The second-order valence-corrected chi connectivity index (χ2v) is 9.20. The standard InChI is InChI=1S/C20H34N4O2S/c1-4-18-7-5-6-15-24(18)16-14-23-20(21-2)22-13-12-17-8-10-19(11-9-17)27(3,25)26/h8-11,18H,4-7,12-16H2,1-3H3,(H2,21,22,23). The molecular weight excluding hydrogens is 360 g/mol. The topological polar surface area (TPSA) is 73.8 Å². The van der Waals surface area contributed by atoms with Gasteiger partial charge in [-0.3, -0.25) is 9.89 Å². The summed E-state index contributed by atoms with van der Waals surface area (Å²) in [6, 6.07) is 7.80. The van der Waals surface area contributed by atoms with Gasteiger partial charge in [0.05, 0.1) is 4.90 Å². The summed E-state index contributed by atoms with van der Waals surface area (Å²) in [5, 5.41) is 6.72. The van der Waals surface area contributed by atoms with Gasteiger partial charge < -0.3 is 10.6 Å². The average molecular weight is 395 g/mol. The zero-order valence-electron chi connectivity index (χ0n) is 16.9. The first-order valence-electron chi connectivity index (χ1n) is 9.91. The van der Waals surface area contributed by atoms with Gasteiger partial charge in [-0.15, -0.1) is 0 Å². The molecule has 2 N–H and O–H groups in total. The molecule has 0 saturated carbocycles. The third-order valence-electron chi connectivity index (χ3n) is 5.19. The molecule has 0 radical (unpaired) electrons. The lowest BCUT2D eigenvalue weighted by Gasteiger charge is -2.35. The maximum atomic E-state index is 11.5. The monoisotopic (exact) mass is 394 g/mol. The number of hydrogen-bond donors (Lipinski definition) is 2. The van der Waals surface area contributed by atoms with Crippen LogP contribution in [0.25, 0.3) is 0 Å². The molecule has 6 nitrogen and oxygen atoms in total. The van der Waals surface area contributed by atoms with Crippen molar-refractivity contribution in [2.45, 2.75) is 50.0 Å². The number of rotatable bonds is 8. The number of benzene rings is 1. The van der Waals surface area contributed by atoms with E-state index < -0.39 is 9.84 Å². The lowest BCUT2D eigenvalue weighted by atomic mass is 10.0. The van der Waals surface area contributed by atoms with Crippen LogP contribution in [-0.2, 0) is 16.3 Å². The van der Waals surface area contributed by atoms with Crippen molar-refractivity contribution in [3.8, 4) is 0 Å². The van der Waals surface area contributed by atoms with E-state index in [4.69, 9.17) is 0 Å². The number of likely N-dealkylation sites (tertiary alicyclic amines) is 1. The summed E-state index contributed by atoms with van der Waals surface area (Å²) >= 11 is 0. The van der Waals surface area contributed by atoms with Gasteiger partial charge in [-0.25, -0.2) is 8.42 Å². The van der Waals surface area contributed by atoms with E-state index in [1.54, 1.807) is 19.2 Å². The SMILES string of the molecule is CCC1CCCCN1CCNC(=NC)NCCc1ccc(S(C)(=O)=O)cc1. The summed E-state index contributed by atoms with van der Waals surface area (Å²) in [6.45, 7) is 6.17. The van der Waals surface area contributed by atoms with E-state index in [0.29, 0.717) is 4.90 Å². The van der Waals surface area contributed by atoms with E-state index in [9.17, 15) is 8.42 Å². The first-order chi connectivity index (χ1) is 12.9. The largest absolute Gasteiger partial charge is 0.356 e. The molecule has 1 unspecified atom stereocenters. The number of aliphatic imine (C=N–C) groups is 1. The minimum atomic E-state index is -3.13. The highest BCUT2D eigenvalue weighted by Gasteiger charge is 2.19. The molecule has 0 aromatic heterocycles. The van der Waals surface area contributed by atoms with E-state index in [1.807, 2.05) is 12.1 Å². The quantitative estimate of drug-likeness (QED) is 0.522. The van der Waals surface area contributed by atoms with Gasteiger partial charge in [-0.2, -0.15) is 0 Å². The van der Waals surface area contributed by atoms with Crippen molar-refractivity contribution in [1.29, 1.82) is 0 Å². The highest BCUT2D eigenvalue weighted by atomic mass is 32.2. The Morgan fingerprint density at radius 3 is 2.52 bits per heavy atom. The number of nitrogens with one attached hydrogen (secondary N) is 2. The van der Waals surface area contributed by atoms with Gasteiger partial charge in [0.25, 0.3) is 0 Å². The fraction of sp³-hybridized carbons (Fsp3) is 0.650. The Morgan fingerprint density at radius 1 is 1.19 bits per heavy atom. The van der Waals surface area contributed by atoms with Crippen LogP contribution in [0.3, 0.4) is 0 Å². The van der Waals surface area contributed by atoms with Crippen LogP contribution in [0.1, 0.15) is 38.2 Å². The van der Waals surface area contributed by atoms with Crippen LogP contribution in [-0.4, -0.2) is 64.8 Å². The highest BCUT2D eigenvalue weighted by molar-refractivity contribution is 7.90. The number of guanidine groups is 1. The summed E-state index contributed by atoms with van der Waals surface area (Å²) < 4.78 is 23.0. The molecule has 27 heavy (non-hydrogen) atoms. The lowest BCUT2D eigenvalue weighted by molar-refractivity contribution is 0.147. The molecule has 0 aliphatic carbocycles. The predicted molar refractivity (Wildman–Crippen MR) is 112 cm³/mol.